The van der Waals surface area contributed by atoms with Crippen molar-refractivity contribution in [2.75, 3.05) is 22.9 Å². The number of rotatable bonds is 2. The van der Waals surface area contributed by atoms with E-state index in [0.29, 0.717) is 12.1 Å². The molecule has 128 valence electrons. The lowest BCUT2D eigenvalue weighted by atomic mass is 10.2. The lowest BCUT2D eigenvalue weighted by molar-refractivity contribution is 0.710. The molecule has 4 heterocycles. The second-order valence-corrected chi connectivity index (χ2v) is 7.05. The summed E-state index contributed by atoms with van der Waals surface area (Å²) in [6.07, 6.45) is 8.00. The third-order valence-corrected chi connectivity index (χ3v) is 4.82. The topological polar surface area (TPSA) is 32.3 Å². The summed E-state index contributed by atoms with van der Waals surface area (Å²) in [5.74, 6) is 0. The lowest BCUT2D eigenvalue weighted by Gasteiger charge is -2.23. The van der Waals surface area contributed by atoms with Gasteiger partial charge >= 0.3 is 0 Å². The number of hydrogen-bond acceptors (Lipinski definition) is 4. The van der Waals surface area contributed by atoms with E-state index in [1.165, 1.54) is 22.6 Å². The van der Waals surface area contributed by atoms with Crippen LogP contribution in [0.5, 0.6) is 0 Å². The zero-order valence-corrected chi connectivity index (χ0v) is 15.2. The molecule has 2 aliphatic heterocycles. The Morgan fingerprint density at radius 1 is 0.875 bits per heavy atom. The van der Waals surface area contributed by atoms with Crippen molar-refractivity contribution in [3.63, 3.8) is 0 Å². The molecule has 0 saturated heterocycles. The average molecular weight is 324 g/mol. The van der Waals surface area contributed by atoms with Crippen molar-refractivity contribution in [2.45, 2.75) is 52.6 Å². The Morgan fingerprint density at radius 2 is 1.58 bits per heavy atom. The minimum atomic E-state index is 0.593. The number of nitrogens with zero attached hydrogens (tertiary/aromatic N) is 4. The Balaban J connectivity index is 0.000000141. The molecule has 2 aliphatic rings. The largest absolute Gasteiger partial charge is 0.368 e. The molecule has 0 unspecified atom stereocenters. The molecule has 2 aromatic heterocycles. The second kappa shape index (κ2) is 7.20. The second-order valence-electron chi connectivity index (χ2n) is 7.05. The van der Waals surface area contributed by atoms with Crippen LogP contribution in [0.4, 0.5) is 11.4 Å². The fourth-order valence-electron chi connectivity index (χ4n) is 3.56. The Labute approximate surface area is 145 Å². The van der Waals surface area contributed by atoms with Crippen LogP contribution in [-0.2, 0) is 12.8 Å². The van der Waals surface area contributed by atoms with Crippen molar-refractivity contribution in [3.8, 4) is 0 Å². The molecular weight excluding hydrogens is 296 g/mol. The molecule has 0 atom stereocenters. The predicted octanol–water partition coefficient (Wildman–Crippen LogP) is 3.71. The number of anilines is 2. The minimum absolute atomic E-state index is 0.593. The quantitative estimate of drug-likeness (QED) is 0.843. The van der Waals surface area contributed by atoms with Gasteiger partial charge in [0.1, 0.15) is 0 Å². The van der Waals surface area contributed by atoms with Crippen LogP contribution in [-0.4, -0.2) is 35.1 Å². The van der Waals surface area contributed by atoms with Crippen LogP contribution < -0.4 is 9.80 Å². The first kappa shape index (κ1) is 16.7. The van der Waals surface area contributed by atoms with Gasteiger partial charge in [-0.15, -0.1) is 0 Å². The van der Waals surface area contributed by atoms with Crippen LogP contribution in [0.2, 0.25) is 0 Å². The first-order valence-corrected chi connectivity index (χ1v) is 8.98. The molecule has 24 heavy (non-hydrogen) atoms. The van der Waals surface area contributed by atoms with Crippen LogP contribution in [0.25, 0.3) is 0 Å². The molecule has 0 spiro atoms. The monoisotopic (exact) mass is 324 g/mol. The summed E-state index contributed by atoms with van der Waals surface area (Å²) in [5, 5.41) is 0. The highest BCUT2D eigenvalue weighted by molar-refractivity contribution is 5.57. The van der Waals surface area contributed by atoms with Crippen LogP contribution in [0.15, 0.2) is 36.8 Å². The highest BCUT2D eigenvalue weighted by Gasteiger charge is 2.21. The Hall–Kier alpha value is -2.10. The van der Waals surface area contributed by atoms with E-state index in [9.17, 15) is 0 Å². The van der Waals surface area contributed by atoms with Crippen molar-refractivity contribution in [2.24, 2.45) is 0 Å². The third-order valence-electron chi connectivity index (χ3n) is 4.82. The normalized spacial score (nSPS) is 15.4. The van der Waals surface area contributed by atoms with Crippen molar-refractivity contribution < 1.29 is 0 Å². The number of aromatic nitrogens is 2. The van der Waals surface area contributed by atoms with Crippen molar-refractivity contribution >= 4 is 11.4 Å². The fourth-order valence-corrected chi connectivity index (χ4v) is 3.56. The van der Waals surface area contributed by atoms with E-state index in [-0.39, 0.29) is 0 Å². The summed E-state index contributed by atoms with van der Waals surface area (Å²) < 4.78 is 0. The van der Waals surface area contributed by atoms with Gasteiger partial charge in [0.2, 0.25) is 0 Å². The Morgan fingerprint density at radius 3 is 2.33 bits per heavy atom. The predicted molar refractivity (Wildman–Crippen MR) is 101 cm³/mol. The smallest absolute Gasteiger partial charge is 0.0654 e. The first-order valence-electron chi connectivity index (χ1n) is 8.98. The molecular formula is C20H28N4. The van der Waals surface area contributed by atoms with E-state index < -0.39 is 0 Å². The molecule has 0 aliphatic carbocycles. The van der Waals surface area contributed by atoms with Crippen LogP contribution in [0.3, 0.4) is 0 Å². The molecule has 2 aromatic rings. The maximum Gasteiger partial charge on any atom is 0.0654 e. The van der Waals surface area contributed by atoms with Gasteiger partial charge in [0.25, 0.3) is 0 Å². The Kier molecular flexibility index (Phi) is 5.03. The van der Waals surface area contributed by atoms with Gasteiger partial charge in [-0.1, -0.05) is 0 Å². The molecule has 0 saturated carbocycles. The van der Waals surface area contributed by atoms with Gasteiger partial charge in [0.05, 0.1) is 11.4 Å². The summed E-state index contributed by atoms with van der Waals surface area (Å²) in [5.41, 5.74) is 5.35. The van der Waals surface area contributed by atoms with Crippen molar-refractivity contribution in [1.29, 1.82) is 0 Å². The van der Waals surface area contributed by atoms with Gasteiger partial charge in [-0.25, -0.2) is 0 Å². The van der Waals surface area contributed by atoms with Crippen LogP contribution in [0, 0.1) is 0 Å². The van der Waals surface area contributed by atoms with E-state index >= 15 is 0 Å². The van der Waals surface area contributed by atoms with E-state index in [0.717, 1.165) is 25.9 Å². The molecule has 4 nitrogen and oxygen atoms in total. The van der Waals surface area contributed by atoms with Gasteiger partial charge in [-0.3, -0.25) is 9.97 Å². The van der Waals surface area contributed by atoms with Gasteiger partial charge in [0.15, 0.2) is 0 Å². The van der Waals surface area contributed by atoms with Crippen molar-refractivity contribution in [3.05, 3.63) is 48.0 Å². The van der Waals surface area contributed by atoms with E-state index in [1.54, 1.807) is 0 Å². The average Bonchev–Trinajstić information content (AvgIpc) is 3.19. The standard InChI is InChI=1S/2C10H14N2/c1-8(2)12-6-4-9-7-11-5-3-10(9)12;1-8(2)12-7-5-9-10(12)4-3-6-11-9/h3,5,7-8H,4,6H2,1-2H3;3-4,6,8H,5,7H2,1-2H3. The minimum Gasteiger partial charge on any atom is -0.368 e. The molecule has 0 aromatic carbocycles. The van der Waals surface area contributed by atoms with Gasteiger partial charge in [0, 0.05) is 55.9 Å². The van der Waals surface area contributed by atoms with Crippen LogP contribution in [0.1, 0.15) is 39.0 Å². The van der Waals surface area contributed by atoms with Gasteiger partial charge in [-0.2, -0.15) is 0 Å². The van der Waals surface area contributed by atoms with Crippen molar-refractivity contribution in [1.82, 2.24) is 9.97 Å². The molecule has 4 rings (SSSR count). The maximum atomic E-state index is 4.35. The van der Waals surface area contributed by atoms with E-state index in [4.69, 9.17) is 0 Å². The van der Waals surface area contributed by atoms with E-state index in [2.05, 4.69) is 59.6 Å². The van der Waals surface area contributed by atoms with Crippen LogP contribution >= 0.6 is 0 Å². The zero-order valence-electron chi connectivity index (χ0n) is 15.2. The lowest BCUT2D eigenvalue weighted by Crippen LogP contribution is -2.28. The summed E-state index contributed by atoms with van der Waals surface area (Å²) in [6, 6.07) is 7.49. The summed E-state index contributed by atoms with van der Waals surface area (Å²) in [4.78, 5) is 13.3. The SMILES string of the molecule is CC(C)N1CCc2cnccc21.CC(C)N1CCc2ncccc21. The molecule has 0 bridgehead atoms. The molecule has 4 heteroatoms. The highest BCUT2D eigenvalue weighted by Crippen LogP contribution is 2.28. The summed E-state index contributed by atoms with van der Waals surface area (Å²) in [7, 11) is 0. The third kappa shape index (κ3) is 3.37. The molecule has 0 radical (unpaired) electrons. The number of hydrogen-bond donors (Lipinski definition) is 0. The zero-order chi connectivity index (χ0) is 17.1. The van der Waals surface area contributed by atoms with Gasteiger partial charge in [-0.05, 0) is 57.9 Å². The van der Waals surface area contributed by atoms with E-state index in [1.807, 2.05) is 24.7 Å². The summed E-state index contributed by atoms with van der Waals surface area (Å²) >= 11 is 0. The number of fused-ring (bicyclic) bond motifs is 2. The van der Waals surface area contributed by atoms with Gasteiger partial charge < -0.3 is 9.80 Å². The first-order chi connectivity index (χ1) is 11.6. The summed E-state index contributed by atoms with van der Waals surface area (Å²) in [6.45, 7) is 11.2. The molecule has 0 fully saturated rings. The Bertz CT molecular complexity index is 621. The highest BCUT2D eigenvalue weighted by atomic mass is 15.2. The molecule has 0 amide bonds. The molecule has 0 N–H and O–H groups in total. The fraction of sp³-hybridized carbons (Fsp3) is 0.500. The maximum absolute atomic E-state index is 4.35. The number of pyridine rings is 2.